The molecule has 0 amide bonds. The maximum absolute atomic E-state index is 12.8. The van der Waals surface area contributed by atoms with Crippen molar-refractivity contribution in [3.63, 3.8) is 0 Å². The van der Waals surface area contributed by atoms with Crippen LogP contribution >= 0.6 is 23.2 Å². The van der Waals surface area contributed by atoms with Crippen molar-refractivity contribution in [2.45, 2.75) is 30.2 Å². The number of halogens is 2. The van der Waals surface area contributed by atoms with Crippen LogP contribution < -0.4 is 4.72 Å². The van der Waals surface area contributed by atoms with Gasteiger partial charge in [0.25, 0.3) is 0 Å². The summed E-state index contributed by atoms with van der Waals surface area (Å²) in [5.74, 6) is -0.0723. The molecule has 0 aliphatic carbocycles. The van der Waals surface area contributed by atoms with E-state index in [9.17, 15) is 8.42 Å². The zero-order valence-electron chi connectivity index (χ0n) is 15.3. The van der Waals surface area contributed by atoms with Gasteiger partial charge in [-0.25, -0.2) is 13.1 Å². The molecule has 1 N–H and O–H groups in total. The normalized spacial score (nSPS) is 13.8. The molecule has 0 heterocycles. The van der Waals surface area contributed by atoms with E-state index in [4.69, 9.17) is 23.2 Å². The minimum absolute atomic E-state index is 0.0723. The van der Waals surface area contributed by atoms with Crippen molar-refractivity contribution in [3.05, 3.63) is 100 Å². The van der Waals surface area contributed by atoms with Crippen molar-refractivity contribution in [2.75, 3.05) is 0 Å². The van der Waals surface area contributed by atoms with Gasteiger partial charge in [-0.05, 0) is 60.9 Å². The van der Waals surface area contributed by atoms with Gasteiger partial charge in [-0.2, -0.15) is 0 Å². The smallest absolute Gasteiger partial charge is 0.208 e. The lowest BCUT2D eigenvalue weighted by Gasteiger charge is -2.26. The van der Waals surface area contributed by atoms with E-state index in [-0.39, 0.29) is 16.9 Å². The van der Waals surface area contributed by atoms with Gasteiger partial charge in [0, 0.05) is 22.0 Å². The monoisotopic (exact) mass is 433 g/mol. The highest BCUT2D eigenvalue weighted by molar-refractivity contribution is 7.89. The predicted octanol–water partition coefficient (Wildman–Crippen LogP) is 5.69. The van der Waals surface area contributed by atoms with E-state index in [0.29, 0.717) is 16.5 Å². The molecule has 3 aromatic rings. The summed E-state index contributed by atoms with van der Waals surface area (Å²) in [5, 5.41) is 1.32. The molecular formula is C22H21Cl2NO2S. The second kappa shape index (κ2) is 9.10. The van der Waals surface area contributed by atoms with E-state index in [1.807, 2.05) is 55.5 Å². The van der Waals surface area contributed by atoms with E-state index in [1.165, 1.54) is 0 Å². The molecule has 0 radical (unpaired) electrons. The molecule has 0 saturated carbocycles. The van der Waals surface area contributed by atoms with Gasteiger partial charge in [0.15, 0.2) is 0 Å². The fourth-order valence-electron chi connectivity index (χ4n) is 3.16. The first-order valence-corrected chi connectivity index (χ1v) is 11.2. The predicted molar refractivity (Wildman–Crippen MR) is 116 cm³/mol. The van der Waals surface area contributed by atoms with Crippen LogP contribution in [0.2, 0.25) is 10.0 Å². The molecule has 2 unspecified atom stereocenters. The molecule has 3 rings (SSSR count). The molecule has 146 valence electrons. The molecule has 2 atom stereocenters. The third kappa shape index (κ3) is 5.36. The Morgan fingerprint density at radius 1 is 0.821 bits per heavy atom. The highest BCUT2D eigenvalue weighted by Crippen LogP contribution is 2.27. The Morgan fingerprint density at radius 2 is 1.36 bits per heavy atom. The summed E-state index contributed by atoms with van der Waals surface area (Å²) in [6, 6.07) is 23.2. The standard InChI is InChI=1S/C22H21Cl2NO2S/c1-16(25-28(26,27)21-5-3-2-4-6-21)22(18-9-13-20(24)14-10-18)15-17-7-11-19(23)12-8-17/h2-14,16,22,25H,15H2,1H3. The van der Waals surface area contributed by atoms with Crippen LogP contribution in [0.25, 0.3) is 0 Å². The Hall–Kier alpha value is -1.85. The Labute approximate surface area is 176 Å². The summed E-state index contributed by atoms with van der Waals surface area (Å²) in [6.07, 6.45) is 0.664. The number of hydrogen-bond donors (Lipinski definition) is 1. The van der Waals surface area contributed by atoms with Gasteiger partial charge in [0.05, 0.1) is 4.90 Å². The van der Waals surface area contributed by atoms with Crippen molar-refractivity contribution in [1.82, 2.24) is 4.72 Å². The molecule has 0 aliphatic rings. The highest BCUT2D eigenvalue weighted by atomic mass is 35.5. The number of rotatable bonds is 7. The van der Waals surface area contributed by atoms with Gasteiger partial charge < -0.3 is 0 Å². The Kier molecular flexibility index (Phi) is 6.78. The lowest BCUT2D eigenvalue weighted by Crippen LogP contribution is -2.37. The van der Waals surface area contributed by atoms with E-state index in [0.717, 1.165) is 11.1 Å². The van der Waals surface area contributed by atoms with E-state index in [1.54, 1.807) is 30.3 Å². The molecule has 0 bridgehead atoms. The summed E-state index contributed by atoms with van der Waals surface area (Å²) < 4.78 is 28.4. The zero-order valence-corrected chi connectivity index (χ0v) is 17.7. The maximum Gasteiger partial charge on any atom is 0.240 e. The molecule has 0 spiro atoms. The zero-order chi connectivity index (χ0) is 20.1. The van der Waals surface area contributed by atoms with Gasteiger partial charge in [0.2, 0.25) is 10.0 Å². The number of benzene rings is 3. The average molecular weight is 434 g/mol. The van der Waals surface area contributed by atoms with Crippen molar-refractivity contribution in [2.24, 2.45) is 0 Å². The number of sulfonamides is 1. The Balaban J connectivity index is 1.89. The first kappa shape index (κ1) is 20.9. The first-order valence-electron chi connectivity index (χ1n) is 8.92. The Morgan fingerprint density at radius 3 is 1.93 bits per heavy atom. The van der Waals surface area contributed by atoms with Crippen LogP contribution in [0, 0.1) is 0 Å². The topological polar surface area (TPSA) is 46.2 Å². The molecule has 0 saturated heterocycles. The second-order valence-electron chi connectivity index (χ2n) is 6.71. The molecule has 0 fully saturated rings. The third-order valence-electron chi connectivity index (χ3n) is 4.67. The number of hydrogen-bond acceptors (Lipinski definition) is 2. The molecule has 3 nitrogen and oxygen atoms in total. The summed E-state index contributed by atoms with van der Waals surface area (Å²) in [5.41, 5.74) is 2.10. The summed E-state index contributed by atoms with van der Waals surface area (Å²) in [6.45, 7) is 1.88. The van der Waals surface area contributed by atoms with Crippen LogP contribution in [0.15, 0.2) is 83.8 Å². The van der Waals surface area contributed by atoms with Gasteiger partial charge in [0.1, 0.15) is 0 Å². The van der Waals surface area contributed by atoms with Crippen molar-refractivity contribution < 1.29 is 8.42 Å². The average Bonchev–Trinajstić information content (AvgIpc) is 2.69. The third-order valence-corrected chi connectivity index (χ3v) is 6.74. The maximum atomic E-state index is 12.8. The molecule has 0 aliphatic heterocycles. The first-order chi connectivity index (χ1) is 13.3. The van der Waals surface area contributed by atoms with Crippen LogP contribution in [0.1, 0.15) is 24.0 Å². The van der Waals surface area contributed by atoms with Crippen LogP contribution in [0.3, 0.4) is 0 Å². The Bertz CT molecular complexity index is 1000. The van der Waals surface area contributed by atoms with Gasteiger partial charge in [-0.1, -0.05) is 65.7 Å². The minimum atomic E-state index is -3.62. The highest BCUT2D eigenvalue weighted by Gasteiger charge is 2.25. The summed E-state index contributed by atoms with van der Waals surface area (Å²) in [4.78, 5) is 0.253. The SMILES string of the molecule is CC(NS(=O)(=O)c1ccccc1)C(Cc1ccc(Cl)cc1)c1ccc(Cl)cc1. The largest absolute Gasteiger partial charge is 0.240 e. The van der Waals surface area contributed by atoms with E-state index >= 15 is 0 Å². The second-order valence-corrected chi connectivity index (χ2v) is 9.30. The lowest BCUT2D eigenvalue weighted by molar-refractivity contribution is 0.503. The lowest BCUT2D eigenvalue weighted by atomic mass is 9.87. The molecule has 6 heteroatoms. The molecule has 0 aromatic heterocycles. The van der Waals surface area contributed by atoms with Crippen LogP contribution in [0.4, 0.5) is 0 Å². The van der Waals surface area contributed by atoms with Crippen molar-refractivity contribution in [3.8, 4) is 0 Å². The van der Waals surface area contributed by atoms with Gasteiger partial charge >= 0.3 is 0 Å². The van der Waals surface area contributed by atoms with Crippen LogP contribution in [-0.2, 0) is 16.4 Å². The fourth-order valence-corrected chi connectivity index (χ4v) is 4.72. The van der Waals surface area contributed by atoms with E-state index < -0.39 is 10.0 Å². The quantitative estimate of drug-likeness (QED) is 0.520. The minimum Gasteiger partial charge on any atom is -0.208 e. The number of nitrogens with one attached hydrogen (secondary N) is 1. The fraction of sp³-hybridized carbons (Fsp3) is 0.182. The van der Waals surface area contributed by atoms with Crippen molar-refractivity contribution >= 4 is 33.2 Å². The van der Waals surface area contributed by atoms with E-state index in [2.05, 4.69) is 4.72 Å². The summed E-state index contributed by atoms with van der Waals surface area (Å²) >= 11 is 12.0. The van der Waals surface area contributed by atoms with Gasteiger partial charge in [-0.15, -0.1) is 0 Å². The summed E-state index contributed by atoms with van der Waals surface area (Å²) in [7, 11) is -3.62. The molecule has 28 heavy (non-hydrogen) atoms. The van der Waals surface area contributed by atoms with Crippen LogP contribution in [0.5, 0.6) is 0 Å². The molecular weight excluding hydrogens is 413 g/mol. The van der Waals surface area contributed by atoms with Crippen molar-refractivity contribution in [1.29, 1.82) is 0 Å². The van der Waals surface area contributed by atoms with Crippen LogP contribution in [-0.4, -0.2) is 14.5 Å². The van der Waals surface area contributed by atoms with Gasteiger partial charge in [-0.3, -0.25) is 0 Å². The molecule has 3 aromatic carbocycles.